The van der Waals surface area contributed by atoms with Crippen molar-refractivity contribution < 1.29 is 14.4 Å². The molecular weight excluding hydrogens is 384 g/mol. The fourth-order valence-corrected chi connectivity index (χ4v) is 4.26. The molecule has 146 valence electrons. The molecule has 2 aromatic rings. The minimum Gasteiger partial charge on any atom is -0.307 e. The Morgan fingerprint density at radius 3 is 2.52 bits per heavy atom. The van der Waals surface area contributed by atoms with Crippen LogP contribution in [0, 0.1) is 11.8 Å². The summed E-state index contributed by atoms with van der Waals surface area (Å²) in [6.45, 7) is 0.510. The van der Waals surface area contributed by atoms with E-state index in [1.165, 1.54) is 16.7 Å². The minimum absolute atomic E-state index is 0.0858. The van der Waals surface area contributed by atoms with Crippen molar-refractivity contribution in [1.82, 2.24) is 4.90 Å². The molecule has 0 N–H and O–H groups in total. The Hall–Kier alpha value is -3.04. The number of likely N-dealkylation sites (tertiary alicyclic amines) is 1. The second-order valence-corrected chi connectivity index (χ2v) is 8.01. The minimum atomic E-state index is -0.331. The molecule has 4 rings (SSSR count). The number of carbonyl (C=O) groups excluding carboxylic acids is 3. The molecule has 1 fully saturated rings. The third-order valence-electron chi connectivity index (χ3n) is 5.21. The average molecular weight is 404 g/mol. The van der Waals surface area contributed by atoms with Gasteiger partial charge in [-0.15, -0.1) is 0 Å². The molecule has 0 aromatic heterocycles. The standard InChI is InChI=1S/C23H20N2O3S/c1-29-20-14-22(27)24(23(20)28)13-12-21(26)25-15-18-8-3-2-6-16(18)10-11-17-7-4-5-9-19(17)25/h2-9,20H,12-15H2,1H3. The van der Waals surface area contributed by atoms with Gasteiger partial charge in [0.15, 0.2) is 0 Å². The lowest BCUT2D eigenvalue weighted by molar-refractivity contribution is -0.138. The molecule has 1 unspecified atom stereocenters. The van der Waals surface area contributed by atoms with Gasteiger partial charge in [0.1, 0.15) is 0 Å². The third-order valence-corrected chi connectivity index (χ3v) is 6.15. The highest BCUT2D eigenvalue weighted by molar-refractivity contribution is 8.00. The van der Waals surface area contributed by atoms with Crippen LogP contribution in [0.3, 0.4) is 0 Å². The number of imide groups is 1. The monoisotopic (exact) mass is 404 g/mol. The highest BCUT2D eigenvalue weighted by atomic mass is 32.2. The third kappa shape index (κ3) is 3.79. The van der Waals surface area contributed by atoms with E-state index in [9.17, 15) is 14.4 Å². The van der Waals surface area contributed by atoms with Crippen LogP contribution in [0.15, 0.2) is 48.5 Å². The van der Waals surface area contributed by atoms with E-state index < -0.39 is 0 Å². The van der Waals surface area contributed by atoms with Gasteiger partial charge in [0.25, 0.3) is 0 Å². The normalized spacial score (nSPS) is 17.8. The summed E-state index contributed by atoms with van der Waals surface area (Å²) in [4.78, 5) is 40.6. The van der Waals surface area contributed by atoms with Crippen LogP contribution in [0.5, 0.6) is 0 Å². The van der Waals surface area contributed by atoms with E-state index in [2.05, 4.69) is 11.8 Å². The lowest BCUT2D eigenvalue weighted by Gasteiger charge is -2.26. The Bertz CT molecular complexity index is 1050. The number of hydrogen-bond donors (Lipinski definition) is 0. The zero-order valence-corrected chi connectivity index (χ0v) is 16.9. The van der Waals surface area contributed by atoms with E-state index in [1.54, 1.807) is 4.90 Å². The number of thioether (sulfide) groups is 1. The topological polar surface area (TPSA) is 57.7 Å². The molecule has 0 bridgehead atoms. The van der Waals surface area contributed by atoms with E-state index in [4.69, 9.17) is 0 Å². The zero-order chi connectivity index (χ0) is 20.4. The highest BCUT2D eigenvalue weighted by Gasteiger charge is 2.38. The molecule has 3 amide bonds. The first-order valence-corrected chi connectivity index (χ1v) is 10.7. The Morgan fingerprint density at radius 2 is 1.76 bits per heavy atom. The van der Waals surface area contributed by atoms with Crippen LogP contribution in [-0.2, 0) is 20.9 Å². The first-order valence-electron chi connectivity index (χ1n) is 9.45. The molecule has 2 heterocycles. The van der Waals surface area contributed by atoms with Gasteiger partial charge >= 0.3 is 0 Å². The predicted octanol–water partition coefficient (Wildman–Crippen LogP) is 2.81. The molecule has 2 aromatic carbocycles. The van der Waals surface area contributed by atoms with Crippen LogP contribution in [-0.4, -0.2) is 40.7 Å². The van der Waals surface area contributed by atoms with Gasteiger partial charge < -0.3 is 4.90 Å². The van der Waals surface area contributed by atoms with Crippen molar-refractivity contribution in [2.45, 2.75) is 24.6 Å². The number of hydrogen-bond acceptors (Lipinski definition) is 4. The Morgan fingerprint density at radius 1 is 1.07 bits per heavy atom. The van der Waals surface area contributed by atoms with Crippen molar-refractivity contribution in [2.75, 3.05) is 17.7 Å². The quantitative estimate of drug-likeness (QED) is 0.581. The summed E-state index contributed by atoms with van der Waals surface area (Å²) in [6, 6.07) is 15.3. The van der Waals surface area contributed by atoms with Gasteiger partial charge in [0, 0.05) is 30.5 Å². The zero-order valence-electron chi connectivity index (χ0n) is 16.1. The van der Waals surface area contributed by atoms with E-state index in [0.29, 0.717) is 6.54 Å². The number of fused-ring (bicyclic) bond motifs is 2. The van der Waals surface area contributed by atoms with Crippen molar-refractivity contribution >= 4 is 35.2 Å². The second-order valence-electron chi connectivity index (χ2n) is 6.97. The molecule has 0 spiro atoms. The van der Waals surface area contributed by atoms with Gasteiger partial charge in [-0.05, 0) is 30.0 Å². The first kappa shape index (κ1) is 19.3. The molecule has 5 nitrogen and oxygen atoms in total. The molecule has 2 aliphatic rings. The fourth-order valence-electron chi connectivity index (χ4n) is 3.62. The summed E-state index contributed by atoms with van der Waals surface area (Å²) in [5.41, 5.74) is 3.40. The van der Waals surface area contributed by atoms with Crippen LogP contribution in [0.1, 0.15) is 29.5 Å². The van der Waals surface area contributed by atoms with Gasteiger partial charge in [0.2, 0.25) is 17.7 Å². The number of carbonyl (C=O) groups is 3. The maximum atomic E-state index is 13.2. The summed E-state index contributed by atoms with van der Waals surface area (Å²) < 4.78 is 0. The second kappa shape index (κ2) is 8.14. The molecule has 1 saturated heterocycles. The molecule has 29 heavy (non-hydrogen) atoms. The first-order chi connectivity index (χ1) is 14.1. The maximum absolute atomic E-state index is 13.2. The van der Waals surface area contributed by atoms with Crippen LogP contribution in [0.4, 0.5) is 5.69 Å². The molecule has 0 saturated carbocycles. The Balaban J connectivity index is 1.59. The maximum Gasteiger partial charge on any atom is 0.242 e. The van der Waals surface area contributed by atoms with Crippen LogP contribution < -0.4 is 4.90 Å². The summed E-state index contributed by atoms with van der Waals surface area (Å²) in [7, 11) is 0. The number of nitrogens with zero attached hydrogens (tertiary/aromatic N) is 2. The van der Waals surface area contributed by atoms with Crippen LogP contribution >= 0.6 is 11.8 Å². The molecule has 2 aliphatic heterocycles. The number of amides is 3. The summed E-state index contributed by atoms with van der Waals surface area (Å²) in [5, 5.41) is -0.331. The van der Waals surface area contributed by atoms with Gasteiger partial charge in [-0.3, -0.25) is 19.3 Å². The van der Waals surface area contributed by atoms with Crippen LogP contribution in [0.2, 0.25) is 0 Å². The van der Waals surface area contributed by atoms with Gasteiger partial charge in [0.05, 0.1) is 17.5 Å². The fraction of sp³-hybridized carbons (Fsp3) is 0.261. The van der Waals surface area contributed by atoms with E-state index >= 15 is 0 Å². The Labute approximate surface area is 174 Å². The summed E-state index contributed by atoms with van der Waals surface area (Å²) in [5.74, 6) is 5.83. The Kier molecular flexibility index (Phi) is 5.41. The SMILES string of the molecule is CSC1CC(=O)N(CCC(=O)N2Cc3ccccc3C#Cc3ccccc32)C1=O. The van der Waals surface area contributed by atoms with Crippen molar-refractivity contribution in [2.24, 2.45) is 0 Å². The van der Waals surface area contributed by atoms with Gasteiger partial charge in [-0.1, -0.05) is 42.2 Å². The van der Waals surface area contributed by atoms with E-state index in [0.717, 1.165) is 22.4 Å². The number of anilines is 1. The van der Waals surface area contributed by atoms with Crippen molar-refractivity contribution in [3.63, 3.8) is 0 Å². The van der Waals surface area contributed by atoms with Crippen molar-refractivity contribution in [3.05, 3.63) is 65.2 Å². The van der Waals surface area contributed by atoms with E-state index in [1.807, 2.05) is 54.8 Å². The van der Waals surface area contributed by atoms with Crippen molar-refractivity contribution in [1.29, 1.82) is 0 Å². The highest BCUT2D eigenvalue weighted by Crippen LogP contribution is 2.27. The smallest absolute Gasteiger partial charge is 0.242 e. The molecule has 0 aliphatic carbocycles. The predicted molar refractivity (Wildman–Crippen MR) is 113 cm³/mol. The molecule has 0 radical (unpaired) electrons. The molecule has 1 atom stereocenters. The van der Waals surface area contributed by atoms with E-state index in [-0.39, 0.29) is 42.4 Å². The average Bonchev–Trinajstić information content (AvgIpc) is 3.00. The largest absolute Gasteiger partial charge is 0.307 e. The van der Waals surface area contributed by atoms with Gasteiger partial charge in [-0.25, -0.2) is 0 Å². The lowest BCUT2D eigenvalue weighted by Crippen LogP contribution is -2.37. The van der Waals surface area contributed by atoms with Crippen LogP contribution in [0.25, 0.3) is 0 Å². The number of para-hydroxylation sites is 1. The number of rotatable bonds is 4. The summed E-state index contributed by atoms with van der Waals surface area (Å²) >= 11 is 1.38. The number of benzene rings is 2. The summed E-state index contributed by atoms with van der Waals surface area (Å²) in [6.07, 6.45) is 2.12. The molecular formula is C23H20N2O3S. The van der Waals surface area contributed by atoms with Crippen molar-refractivity contribution in [3.8, 4) is 11.8 Å². The van der Waals surface area contributed by atoms with Gasteiger partial charge in [-0.2, -0.15) is 11.8 Å². The lowest BCUT2D eigenvalue weighted by atomic mass is 10.0. The molecule has 6 heteroatoms.